The normalized spacial score (nSPS) is 34.0. The van der Waals surface area contributed by atoms with Gasteiger partial charge in [0.15, 0.2) is 5.78 Å². The van der Waals surface area contributed by atoms with Crippen LogP contribution >= 0.6 is 0 Å². The second-order valence-corrected chi connectivity index (χ2v) is 3.03. The minimum atomic E-state index is -1.03. The number of hydrogen-bond acceptors (Lipinski definition) is 3. The number of carbonyl (C=O) groups excluding carboxylic acids is 1. The molecule has 5 nitrogen and oxygen atoms in total. The van der Waals surface area contributed by atoms with E-state index in [-0.39, 0.29) is 18.5 Å². The topological polar surface area (TPSA) is 66.8 Å². The zero-order chi connectivity index (χ0) is 8.72. The molecular weight excluding hydrogens is 162 g/mol. The van der Waals surface area contributed by atoms with Gasteiger partial charge in [-0.05, 0) is 6.42 Å². The molecule has 2 aliphatic heterocycles. The van der Waals surface area contributed by atoms with Crippen LogP contribution in [-0.2, 0) is 9.53 Å². The minimum absolute atomic E-state index is 0.0686. The zero-order valence-corrected chi connectivity index (χ0v) is 6.40. The van der Waals surface area contributed by atoms with Gasteiger partial charge in [0.2, 0.25) is 0 Å². The van der Waals surface area contributed by atoms with Crippen LogP contribution in [0.15, 0.2) is 0 Å². The number of Topliss-reactive ketones (excluding diaryl/α,β-unsaturated/α-hetero) is 1. The Morgan fingerprint density at radius 2 is 2.42 bits per heavy atom. The summed E-state index contributed by atoms with van der Waals surface area (Å²) in [5, 5.41) is 8.70. The monoisotopic (exact) mass is 171 g/mol. The highest BCUT2D eigenvalue weighted by molar-refractivity contribution is 5.90. The number of carboxylic acid groups (broad SMARTS) is 1. The Balaban J connectivity index is 2.19. The Labute approximate surface area is 68.9 Å². The predicted octanol–water partition coefficient (Wildman–Crippen LogP) is -0.293. The van der Waals surface area contributed by atoms with Crippen LogP contribution in [-0.4, -0.2) is 47.2 Å². The van der Waals surface area contributed by atoms with Crippen LogP contribution < -0.4 is 0 Å². The third-order valence-electron chi connectivity index (χ3n) is 2.36. The van der Waals surface area contributed by atoms with Gasteiger partial charge in [-0.3, -0.25) is 9.69 Å². The maximum atomic E-state index is 11.1. The largest absolute Gasteiger partial charge is 0.465 e. The van der Waals surface area contributed by atoms with Gasteiger partial charge in [-0.25, -0.2) is 4.79 Å². The molecule has 0 radical (unpaired) electrons. The summed E-state index contributed by atoms with van der Waals surface area (Å²) in [6.07, 6.45) is -0.571. The number of amides is 1. The zero-order valence-electron chi connectivity index (χ0n) is 6.40. The lowest BCUT2D eigenvalue weighted by Crippen LogP contribution is -2.41. The summed E-state index contributed by atoms with van der Waals surface area (Å²) in [6.45, 7) is 0.482. The molecule has 2 aliphatic rings. The highest BCUT2D eigenvalue weighted by Crippen LogP contribution is 2.26. The minimum Gasteiger partial charge on any atom is -0.465 e. The van der Waals surface area contributed by atoms with E-state index < -0.39 is 12.1 Å². The second kappa shape index (κ2) is 2.45. The fraction of sp³-hybridized carbons (Fsp3) is 0.714. The van der Waals surface area contributed by atoms with Crippen molar-refractivity contribution < 1.29 is 19.4 Å². The van der Waals surface area contributed by atoms with Crippen LogP contribution in [0.4, 0.5) is 4.79 Å². The van der Waals surface area contributed by atoms with Crippen LogP contribution in [0.25, 0.3) is 0 Å². The van der Waals surface area contributed by atoms with Crippen LogP contribution in [0.5, 0.6) is 0 Å². The summed E-state index contributed by atoms with van der Waals surface area (Å²) < 4.78 is 5.12. The van der Waals surface area contributed by atoms with Crippen molar-refractivity contribution in [3.8, 4) is 0 Å². The molecule has 0 aliphatic carbocycles. The lowest BCUT2D eigenvalue weighted by molar-refractivity contribution is -0.120. The van der Waals surface area contributed by atoms with E-state index in [0.717, 1.165) is 0 Å². The molecule has 2 atom stereocenters. The summed E-state index contributed by atoms with van der Waals surface area (Å²) >= 11 is 0. The van der Waals surface area contributed by atoms with Gasteiger partial charge >= 0.3 is 6.09 Å². The standard InChI is InChI=1S/C7H9NO4/c9-4-3-12-5-1-2-8(6(4)5)7(10)11/h5-6H,1-3H2,(H,10,11)/t5-,6-/m1/s1. The molecule has 12 heavy (non-hydrogen) atoms. The molecule has 2 rings (SSSR count). The van der Waals surface area contributed by atoms with Gasteiger partial charge in [0.1, 0.15) is 12.6 Å². The summed E-state index contributed by atoms with van der Waals surface area (Å²) in [5.41, 5.74) is 0. The van der Waals surface area contributed by atoms with E-state index in [1.807, 2.05) is 0 Å². The first-order valence-electron chi connectivity index (χ1n) is 3.84. The van der Waals surface area contributed by atoms with Crippen molar-refractivity contribution in [1.82, 2.24) is 4.90 Å². The van der Waals surface area contributed by atoms with Gasteiger partial charge in [-0.2, -0.15) is 0 Å². The second-order valence-electron chi connectivity index (χ2n) is 3.03. The molecule has 0 aromatic heterocycles. The summed E-state index contributed by atoms with van der Waals surface area (Å²) in [6, 6.07) is -0.525. The van der Waals surface area contributed by atoms with Crippen molar-refractivity contribution in [2.75, 3.05) is 13.2 Å². The van der Waals surface area contributed by atoms with Gasteiger partial charge in [-0.15, -0.1) is 0 Å². The molecule has 0 aromatic rings. The number of hydrogen-bond donors (Lipinski definition) is 1. The predicted molar refractivity (Wildman–Crippen MR) is 37.9 cm³/mol. The van der Waals surface area contributed by atoms with E-state index in [2.05, 4.69) is 0 Å². The lowest BCUT2D eigenvalue weighted by atomic mass is 10.1. The van der Waals surface area contributed by atoms with E-state index in [9.17, 15) is 9.59 Å². The lowest BCUT2D eigenvalue weighted by Gasteiger charge is -2.16. The van der Waals surface area contributed by atoms with E-state index >= 15 is 0 Å². The average Bonchev–Trinajstić information content (AvgIpc) is 2.53. The molecule has 0 bridgehead atoms. The van der Waals surface area contributed by atoms with Crippen LogP contribution in [0.2, 0.25) is 0 Å². The first-order chi connectivity index (χ1) is 5.70. The van der Waals surface area contributed by atoms with Crippen molar-refractivity contribution in [2.45, 2.75) is 18.6 Å². The highest BCUT2D eigenvalue weighted by Gasteiger charge is 2.46. The Morgan fingerprint density at radius 1 is 1.67 bits per heavy atom. The molecular formula is C7H9NO4. The van der Waals surface area contributed by atoms with Crippen molar-refractivity contribution in [2.24, 2.45) is 0 Å². The third kappa shape index (κ3) is 0.896. The van der Waals surface area contributed by atoms with Gasteiger partial charge in [0.05, 0.1) is 6.10 Å². The van der Waals surface area contributed by atoms with Crippen LogP contribution in [0.3, 0.4) is 0 Å². The van der Waals surface area contributed by atoms with E-state index in [1.54, 1.807) is 0 Å². The number of rotatable bonds is 0. The van der Waals surface area contributed by atoms with E-state index in [0.29, 0.717) is 13.0 Å². The fourth-order valence-electron chi connectivity index (χ4n) is 1.81. The van der Waals surface area contributed by atoms with Gasteiger partial charge < -0.3 is 9.84 Å². The molecule has 0 aromatic carbocycles. The Hall–Kier alpha value is -1.10. The molecule has 2 fully saturated rings. The average molecular weight is 171 g/mol. The first kappa shape index (κ1) is 7.54. The van der Waals surface area contributed by atoms with Crippen molar-refractivity contribution in [1.29, 1.82) is 0 Å². The smallest absolute Gasteiger partial charge is 0.408 e. The molecule has 1 amide bonds. The number of fused-ring (bicyclic) bond motifs is 1. The van der Waals surface area contributed by atoms with Crippen LogP contribution in [0, 0.1) is 0 Å². The number of ether oxygens (including phenoxy) is 1. The van der Waals surface area contributed by atoms with Crippen molar-refractivity contribution >= 4 is 11.9 Å². The van der Waals surface area contributed by atoms with Crippen LogP contribution in [0.1, 0.15) is 6.42 Å². The van der Waals surface area contributed by atoms with Gasteiger partial charge in [0.25, 0.3) is 0 Å². The fourth-order valence-corrected chi connectivity index (χ4v) is 1.81. The maximum absolute atomic E-state index is 11.1. The molecule has 2 heterocycles. The van der Waals surface area contributed by atoms with E-state index in [1.165, 1.54) is 4.90 Å². The summed E-state index contributed by atoms with van der Waals surface area (Å²) in [4.78, 5) is 22.9. The maximum Gasteiger partial charge on any atom is 0.408 e. The first-order valence-corrected chi connectivity index (χ1v) is 3.84. The van der Waals surface area contributed by atoms with Crippen molar-refractivity contribution in [3.05, 3.63) is 0 Å². The van der Waals surface area contributed by atoms with Gasteiger partial charge in [0, 0.05) is 6.54 Å². The molecule has 1 N–H and O–H groups in total. The number of carbonyl (C=O) groups is 2. The molecule has 0 saturated carbocycles. The summed E-state index contributed by atoms with van der Waals surface area (Å²) in [5.74, 6) is -0.111. The number of nitrogens with zero attached hydrogens (tertiary/aromatic N) is 1. The Morgan fingerprint density at radius 3 is 3.08 bits per heavy atom. The quantitative estimate of drug-likeness (QED) is 0.543. The molecule has 2 saturated heterocycles. The molecule has 66 valence electrons. The summed E-state index contributed by atoms with van der Waals surface area (Å²) in [7, 11) is 0. The van der Waals surface area contributed by atoms with Gasteiger partial charge in [-0.1, -0.05) is 0 Å². The Kier molecular flexibility index (Phi) is 1.54. The SMILES string of the molecule is O=C1CO[C@@H]2CCN(C(=O)O)[C@H]12. The number of ketones is 1. The number of likely N-dealkylation sites (tertiary alicyclic amines) is 1. The Bertz CT molecular complexity index is 240. The highest BCUT2D eigenvalue weighted by atomic mass is 16.5. The van der Waals surface area contributed by atoms with Crippen molar-refractivity contribution in [3.63, 3.8) is 0 Å². The van der Waals surface area contributed by atoms with E-state index in [4.69, 9.17) is 9.84 Å². The molecule has 5 heteroatoms. The molecule has 0 unspecified atom stereocenters. The molecule has 0 spiro atoms. The third-order valence-corrected chi connectivity index (χ3v) is 2.36.